The molecule has 0 radical (unpaired) electrons. The molecule has 1 N–H and O–H groups in total. The maximum absolute atomic E-state index is 5.17. The van der Waals surface area contributed by atoms with Crippen LogP contribution in [0.15, 0.2) is 0 Å². The van der Waals surface area contributed by atoms with Crippen LogP contribution in [0.2, 0.25) is 0 Å². The van der Waals surface area contributed by atoms with Gasteiger partial charge in [0.15, 0.2) is 0 Å². The van der Waals surface area contributed by atoms with Crippen LogP contribution in [0.3, 0.4) is 0 Å². The van der Waals surface area contributed by atoms with Crippen LogP contribution in [-0.4, -0.2) is 9.97 Å². The Kier molecular flexibility index (Phi) is 7.56. The molecule has 1 aromatic heterocycles. The van der Waals surface area contributed by atoms with E-state index in [0.717, 1.165) is 0 Å². The fourth-order valence-corrected chi connectivity index (χ4v) is 3.55. The molecule has 2 nitrogen and oxygen atoms in total. The lowest BCUT2D eigenvalue weighted by Gasteiger charge is -2.27. The summed E-state index contributed by atoms with van der Waals surface area (Å²) in [6.07, 6.45) is 7.48. The maximum atomic E-state index is 5.17. The predicted molar refractivity (Wildman–Crippen MR) is 107 cm³/mol. The summed E-state index contributed by atoms with van der Waals surface area (Å²) in [7, 11) is 0. The minimum atomic E-state index is 0.126. The topological polar surface area (TPSA) is 28.7 Å². The maximum Gasteiger partial charge on any atom is 0.112 e. The first-order chi connectivity index (χ1) is 11.1. The Balaban J connectivity index is 3.25. The van der Waals surface area contributed by atoms with E-state index in [1.165, 1.54) is 55.7 Å². The Bertz CT molecular complexity index is 494. The highest BCUT2D eigenvalue weighted by molar-refractivity contribution is 5.28. The quantitative estimate of drug-likeness (QED) is 0.454. The van der Waals surface area contributed by atoms with Crippen LogP contribution in [0.5, 0.6) is 0 Å². The Morgan fingerprint density at radius 3 is 2.00 bits per heavy atom. The number of aromatic nitrogens is 2. The molecule has 1 aromatic rings. The van der Waals surface area contributed by atoms with Crippen LogP contribution in [-0.2, 0) is 10.8 Å². The molecule has 0 aliphatic carbocycles. The van der Waals surface area contributed by atoms with E-state index in [2.05, 4.69) is 67.3 Å². The van der Waals surface area contributed by atoms with Gasteiger partial charge >= 0.3 is 0 Å². The van der Waals surface area contributed by atoms with Gasteiger partial charge in [0.1, 0.15) is 5.82 Å². The lowest BCUT2D eigenvalue weighted by Crippen LogP contribution is -2.22. The third kappa shape index (κ3) is 5.10. The lowest BCUT2D eigenvalue weighted by molar-refractivity contribution is 0.421. The summed E-state index contributed by atoms with van der Waals surface area (Å²) >= 11 is 0. The summed E-state index contributed by atoms with van der Waals surface area (Å²) in [6.45, 7) is 20.9. The number of H-pyrrole nitrogens is 1. The summed E-state index contributed by atoms with van der Waals surface area (Å²) in [5, 5.41) is 0. The summed E-state index contributed by atoms with van der Waals surface area (Å²) in [5.41, 5.74) is 2.98. The van der Waals surface area contributed by atoms with Gasteiger partial charge in [-0.15, -0.1) is 0 Å². The number of nitrogens with zero attached hydrogens (tertiary/aromatic N) is 1. The van der Waals surface area contributed by atoms with Gasteiger partial charge in [0.2, 0.25) is 0 Å². The van der Waals surface area contributed by atoms with Gasteiger partial charge in [-0.25, -0.2) is 4.98 Å². The number of imidazole rings is 1. The first-order valence-electron chi connectivity index (χ1n) is 10.2. The zero-order chi connectivity index (χ0) is 18.5. The van der Waals surface area contributed by atoms with E-state index in [0.29, 0.717) is 11.8 Å². The van der Waals surface area contributed by atoms with Gasteiger partial charge in [-0.3, -0.25) is 0 Å². The zero-order valence-corrected chi connectivity index (χ0v) is 17.8. The van der Waals surface area contributed by atoms with Crippen LogP contribution < -0.4 is 0 Å². The standard InChI is InChI=1S/C22H42N2/c1-10-12-13-15-22(8,9)20-23-18(17(5)16(3)4)19(24-20)21(6,7)14-11-2/h16-17H,10-15H2,1-9H3,(H,23,24). The van der Waals surface area contributed by atoms with Crippen molar-refractivity contribution in [2.75, 3.05) is 0 Å². The molecule has 1 heterocycles. The van der Waals surface area contributed by atoms with Crippen molar-refractivity contribution < 1.29 is 0 Å². The first-order valence-corrected chi connectivity index (χ1v) is 10.2. The average Bonchev–Trinajstić information content (AvgIpc) is 2.93. The molecule has 1 rings (SSSR count). The Morgan fingerprint density at radius 1 is 0.875 bits per heavy atom. The number of rotatable bonds is 10. The van der Waals surface area contributed by atoms with Crippen molar-refractivity contribution in [1.82, 2.24) is 9.97 Å². The molecule has 0 aromatic carbocycles. The van der Waals surface area contributed by atoms with Crippen LogP contribution >= 0.6 is 0 Å². The molecule has 2 heteroatoms. The largest absolute Gasteiger partial charge is 0.345 e. The van der Waals surface area contributed by atoms with Crippen molar-refractivity contribution in [2.24, 2.45) is 5.92 Å². The second-order valence-electron chi connectivity index (χ2n) is 9.35. The molecule has 0 fully saturated rings. The molecular weight excluding hydrogens is 292 g/mol. The van der Waals surface area contributed by atoms with Crippen molar-refractivity contribution in [1.29, 1.82) is 0 Å². The molecule has 0 spiro atoms. The normalized spacial score (nSPS) is 14.4. The van der Waals surface area contributed by atoms with Crippen LogP contribution in [0.4, 0.5) is 0 Å². The second kappa shape index (κ2) is 8.54. The van der Waals surface area contributed by atoms with Crippen molar-refractivity contribution in [3.63, 3.8) is 0 Å². The average molecular weight is 335 g/mol. The second-order valence-corrected chi connectivity index (χ2v) is 9.35. The number of nitrogens with one attached hydrogen (secondary N) is 1. The molecule has 24 heavy (non-hydrogen) atoms. The van der Waals surface area contributed by atoms with E-state index < -0.39 is 0 Å². The van der Waals surface area contributed by atoms with Gasteiger partial charge in [0.25, 0.3) is 0 Å². The van der Waals surface area contributed by atoms with E-state index >= 15 is 0 Å². The molecule has 0 amide bonds. The van der Waals surface area contributed by atoms with E-state index in [1.54, 1.807) is 0 Å². The molecule has 0 aliphatic rings. The van der Waals surface area contributed by atoms with Gasteiger partial charge in [0.05, 0.1) is 5.69 Å². The van der Waals surface area contributed by atoms with Crippen LogP contribution in [0, 0.1) is 5.92 Å². The minimum Gasteiger partial charge on any atom is -0.345 e. The highest BCUT2D eigenvalue weighted by Gasteiger charge is 2.33. The fraction of sp³-hybridized carbons (Fsp3) is 0.864. The molecule has 0 saturated carbocycles. The molecule has 0 saturated heterocycles. The van der Waals surface area contributed by atoms with E-state index in [9.17, 15) is 0 Å². The summed E-state index contributed by atoms with van der Waals surface area (Å²) in [4.78, 5) is 8.97. The minimum absolute atomic E-state index is 0.126. The third-order valence-electron chi connectivity index (χ3n) is 5.76. The molecular formula is C22H42N2. The van der Waals surface area contributed by atoms with E-state index in [4.69, 9.17) is 4.98 Å². The van der Waals surface area contributed by atoms with Crippen molar-refractivity contribution in [3.05, 3.63) is 17.2 Å². The zero-order valence-electron chi connectivity index (χ0n) is 17.8. The molecule has 1 unspecified atom stereocenters. The monoisotopic (exact) mass is 334 g/mol. The van der Waals surface area contributed by atoms with Crippen LogP contribution in [0.25, 0.3) is 0 Å². The van der Waals surface area contributed by atoms with Crippen molar-refractivity contribution in [3.8, 4) is 0 Å². The van der Waals surface area contributed by atoms with E-state index in [1.807, 2.05) is 0 Å². The van der Waals surface area contributed by atoms with E-state index in [-0.39, 0.29) is 10.8 Å². The van der Waals surface area contributed by atoms with Gasteiger partial charge in [-0.1, -0.05) is 88.0 Å². The third-order valence-corrected chi connectivity index (χ3v) is 5.76. The Labute approximate surface area is 151 Å². The van der Waals surface area contributed by atoms with Gasteiger partial charge in [-0.05, 0) is 18.8 Å². The number of hydrogen-bond acceptors (Lipinski definition) is 1. The highest BCUT2D eigenvalue weighted by atomic mass is 15.0. The Morgan fingerprint density at radius 2 is 1.50 bits per heavy atom. The fourth-order valence-electron chi connectivity index (χ4n) is 3.55. The molecule has 140 valence electrons. The number of aromatic amines is 1. The smallest absolute Gasteiger partial charge is 0.112 e. The first kappa shape index (κ1) is 21.3. The van der Waals surface area contributed by atoms with Crippen LogP contribution in [0.1, 0.15) is 124 Å². The number of hydrogen-bond donors (Lipinski definition) is 1. The summed E-state index contributed by atoms with van der Waals surface area (Å²) in [5.74, 6) is 2.30. The van der Waals surface area contributed by atoms with Crippen molar-refractivity contribution >= 4 is 0 Å². The summed E-state index contributed by atoms with van der Waals surface area (Å²) in [6, 6.07) is 0. The Hall–Kier alpha value is -0.790. The molecule has 0 aliphatic heterocycles. The molecule has 1 atom stereocenters. The lowest BCUT2D eigenvalue weighted by atomic mass is 9.80. The van der Waals surface area contributed by atoms with Gasteiger partial charge < -0.3 is 4.98 Å². The SMILES string of the molecule is CCCCCC(C)(C)c1nc(C(C)C(C)C)c(C(C)(C)CCC)[nH]1. The van der Waals surface area contributed by atoms with Gasteiger partial charge in [0, 0.05) is 22.4 Å². The molecule has 0 bridgehead atoms. The number of unbranched alkanes of at least 4 members (excludes halogenated alkanes) is 2. The predicted octanol–water partition coefficient (Wildman–Crippen LogP) is 7.10. The highest BCUT2D eigenvalue weighted by Crippen LogP contribution is 2.38. The van der Waals surface area contributed by atoms with Crippen molar-refractivity contribution in [2.45, 2.75) is 118 Å². The van der Waals surface area contributed by atoms with Gasteiger partial charge in [-0.2, -0.15) is 0 Å². The summed E-state index contributed by atoms with van der Waals surface area (Å²) < 4.78 is 0.